The normalized spacial score (nSPS) is 12.6. The molecule has 1 rings (SSSR count). The van der Waals surface area contributed by atoms with E-state index in [1.807, 2.05) is 17.0 Å². The van der Waals surface area contributed by atoms with Gasteiger partial charge in [-0.25, -0.2) is 4.68 Å². The van der Waals surface area contributed by atoms with Crippen molar-refractivity contribution in [2.75, 3.05) is 6.54 Å². The summed E-state index contributed by atoms with van der Waals surface area (Å²) < 4.78 is 1.98. The molecule has 0 spiro atoms. The molecule has 1 heterocycles. The zero-order chi connectivity index (χ0) is 11.8. The molecule has 0 aliphatic rings. The molecule has 0 fully saturated rings. The maximum atomic E-state index is 4.11. The Balaban J connectivity index is 2.73. The number of nitrogens with zero attached hydrogens (tertiary/aromatic N) is 3. The van der Waals surface area contributed by atoms with Gasteiger partial charge in [0.25, 0.3) is 0 Å². The van der Waals surface area contributed by atoms with Gasteiger partial charge in [0.1, 0.15) is 0 Å². The zero-order valence-corrected chi connectivity index (χ0v) is 10.3. The van der Waals surface area contributed by atoms with E-state index in [1.165, 1.54) is 0 Å². The first-order valence-electron chi connectivity index (χ1n) is 6.06. The molecule has 16 heavy (non-hydrogen) atoms. The molecule has 0 aromatic carbocycles. The topological polar surface area (TPSA) is 42.7 Å². The summed E-state index contributed by atoms with van der Waals surface area (Å²) in [6.45, 7) is 10.1. The van der Waals surface area contributed by atoms with Gasteiger partial charge in [0, 0.05) is 6.54 Å². The molecule has 4 heteroatoms. The van der Waals surface area contributed by atoms with Gasteiger partial charge < -0.3 is 5.32 Å². The van der Waals surface area contributed by atoms with Crippen molar-refractivity contribution in [3.8, 4) is 0 Å². The molecule has 0 saturated carbocycles. The van der Waals surface area contributed by atoms with Gasteiger partial charge >= 0.3 is 0 Å². The van der Waals surface area contributed by atoms with Gasteiger partial charge in [-0.15, -0.1) is 11.7 Å². The minimum atomic E-state index is 0.291. The SMILES string of the molecule is C=CCC(NCCC)c1cnnn1CCC. The van der Waals surface area contributed by atoms with E-state index in [2.05, 4.69) is 36.1 Å². The highest BCUT2D eigenvalue weighted by Gasteiger charge is 2.14. The molecule has 1 atom stereocenters. The van der Waals surface area contributed by atoms with Crippen LogP contribution in [0.1, 0.15) is 44.8 Å². The fourth-order valence-electron chi connectivity index (χ4n) is 1.71. The van der Waals surface area contributed by atoms with Crippen LogP contribution in [0, 0.1) is 0 Å². The third-order valence-corrected chi connectivity index (χ3v) is 2.48. The van der Waals surface area contributed by atoms with Crippen LogP contribution in [-0.2, 0) is 6.54 Å². The third kappa shape index (κ3) is 3.45. The molecule has 0 aliphatic carbocycles. The second-order valence-electron chi connectivity index (χ2n) is 3.91. The number of aryl methyl sites for hydroxylation is 1. The Bertz CT molecular complexity index is 306. The molecule has 1 aromatic heterocycles. The molecule has 0 amide bonds. The average Bonchev–Trinajstić information content (AvgIpc) is 2.73. The van der Waals surface area contributed by atoms with Gasteiger partial charge in [0.15, 0.2) is 0 Å². The van der Waals surface area contributed by atoms with Crippen molar-refractivity contribution in [2.45, 2.75) is 45.7 Å². The molecular weight excluding hydrogens is 200 g/mol. The van der Waals surface area contributed by atoms with E-state index in [0.717, 1.165) is 38.0 Å². The minimum Gasteiger partial charge on any atom is -0.308 e. The Labute approximate surface area is 97.7 Å². The smallest absolute Gasteiger partial charge is 0.0759 e. The fraction of sp³-hybridized carbons (Fsp3) is 0.667. The molecular formula is C12H22N4. The highest BCUT2D eigenvalue weighted by molar-refractivity contribution is 5.04. The second-order valence-corrected chi connectivity index (χ2v) is 3.91. The Kier molecular flexibility index (Phi) is 5.78. The largest absolute Gasteiger partial charge is 0.308 e. The molecule has 0 aliphatic heterocycles. The summed E-state index contributed by atoms with van der Waals surface area (Å²) in [5.74, 6) is 0. The van der Waals surface area contributed by atoms with Crippen LogP contribution >= 0.6 is 0 Å². The lowest BCUT2D eigenvalue weighted by molar-refractivity contribution is 0.469. The molecule has 90 valence electrons. The highest BCUT2D eigenvalue weighted by atomic mass is 15.4. The van der Waals surface area contributed by atoms with Crippen LogP contribution in [0.2, 0.25) is 0 Å². The van der Waals surface area contributed by atoms with Gasteiger partial charge in [-0.2, -0.15) is 0 Å². The van der Waals surface area contributed by atoms with Crippen molar-refractivity contribution in [3.05, 3.63) is 24.5 Å². The molecule has 1 aromatic rings. The van der Waals surface area contributed by atoms with Crippen molar-refractivity contribution in [1.29, 1.82) is 0 Å². The summed E-state index contributed by atoms with van der Waals surface area (Å²) in [4.78, 5) is 0. The van der Waals surface area contributed by atoms with Crippen molar-refractivity contribution in [3.63, 3.8) is 0 Å². The van der Waals surface area contributed by atoms with Gasteiger partial charge in [0.2, 0.25) is 0 Å². The summed E-state index contributed by atoms with van der Waals surface area (Å²) in [6, 6.07) is 0.291. The Hall–Kier alpha value is -1.16. The molecule has 0 saturated heterocycles. The summed E-state index contributed by atoms with van der Waals surface area (Å²) in [5, 5.41) is 11.6. The molecule has 0 bridgehead atoms. The summed E-state index contributed by atoms with van der Waals surface area (Å²) in [7, 11) is 0. The maximum absolute atomic E-state index is 4.11. The van der Waals surface area contributed by atoms with Crippen LogP contribution < -0.4 is 5.32 Å². The predicted octanol–water partition coefficient (Wildman–Crippen LogP) is 2.30. The van der Waals surface area contributed by atoms with Crippen LogP contribution in [0.15, 0.2) is 18.9 Å². The van der Waals surface area contributed by atoms with E-state index in [0.29, 0.717) is 6.04 Å². The van der Waals surface area contributed by atoms with E-state index < -0.39 is 0 Å². The summed E-state index contributed by atoms with van der Waals surface area (Å²) >= 11 is 0. The van der Waals surface area contributed by atoms with Crippen molar-refractivity contribution < 1.29 is 0 Å². The van der Waals surface area contributed by atoms with Crippen LogP contribution in [-0.4, -0.2) is 21.5 Å². The van der Waals surface area contributed by atoms with Crippen LogP contribution in [0.4, 0.5) is 0 Å². The summed E-state index contributed by atoms with van der Waals surface area (Å²) in [5.41, 5.74) is 1.16. The predicted molar refractivity (Wildman–Crippen MR) is 66.2 cm³/mol. The van der Waals surface area contributed by atoms with Crippen LogP contribution in [0.3, 0.4) is 0 Å². The third-order valence-electron chi connectivity index (χ3n) is 2.48. The van der Waals surface area contributed by atoms with Crippen molar-refractivity contribution >= 4 is 0 Å². The standard InChI is InChI=1S/C12H22N4/c1-4-7-11(13-8-5-2)12-10-14-15-16(12)9-6-3/h4,10-11,13H,1,5-9H2,2-3H3. The first-order chi connectivity index (χ1) is 7.83. The number of nitrogens with one attached hydrogen (secondary N) is 1. The molecule has 0 radical (unpaired) electrons. The van der Waals surface area contributed by atoms with Gasteiger partial charge in [-0.1, -0.05) is 25.1 Å². The second kappa shape index (κ2) is 7.17. The Morgan fingerprint density at radius 2 is 2.31 bits per heavy atom. The van der Waals surface area contributed by atoms with Gasteiger partial charge in [-0.3, -0.25) is 0 Å². The number of aromatic nitrogens is 3. The van der Waals surface area contributed by atoms with E-state index in [-0.39, 0.29) is 0 Å². The first kappa shape index (κ1) is 12.9. The lowest BCUT2D eigenvalue weighted by Crippen LogP contribution is -2.24. The average molecular weight is 222 g/mol. The van der Waals surface area contributed by atoms with Gasteiger partial charge in [0.05, 0.1) is 17.9 Å². The Morgan fingerprint density at radius 1 is 1.50 bits per heavy atom. The quantitative estimate of drug-likeness (QED) is 0.686. The molecule has 1 N–H and O–H groups in total. The van der Waals surface area contributed by atoms with E-state index in [4.69, 9.17) is 0 Å². The monoisotopic (exact) mass is 222 g/mol. The lowest BCUT2D eigenvalue weighted by Gasteiger charge is -2.17. The van der Waals surface area contributed by atoms with Crippen molar-refractivity contribution in [2.24, 2.45) is 0 Å². The van der Waals surface area contributed by atoms with E-state index >= 15 is 0 Å². The number of rotatable bonds is 8. The lowest BCUT2D eigenvalue weighted by atomic mass is 10.1. The van der Waals surface area contributed by atoms with Gasteiger partial charge in [-0.05, 0) is 25.8 Å². The highest BCUT2D eigenvalue weighted by Crippen LogP contribution is 2.16. The van der Waals surface area contributed by atoms with E-state index in [9.17, 15) is 0 Å². The zero-order valence-electron chi connectivity index (χ0n) is 10.3. The minimum absolute atomic E-state index is 0.291. The fourth-order valence-corrected chi connectivity index (χ4v) is 1.71. The van der Waals surface area contributed by atoms with Crippen LogP contribution in [0.5, 0.6) is 0 Å². The van der Waals surface area contributed by atoms with E-state index in [1.54, 1.807) is 0 Å². The maximum Gasteiger partial charge on any atom is 0.0759 e. The van der Waals surface area contributed by atoms with Crippen LogP contribution in [0.25, 0.3) is 0 Å². The van der Waals surface area contributed by atoms with Crippen molar-refractivity contribution in [1.82, 2.24) is 20.3 Å². The Morgan fingerprint density at radius 3 is 2.94 bits per heavy atom. The molecule has 4 nitrogen and oxygen atoms in total. The first-order valence-corrected chi connectivity index (χ1v) is 6.06. The summed E-state index contributed by atoms with van der Waals surface area (Å²) in [6.07, 6.45) is 6.91. The molecule has 1 unspecified atom stereocenters. The number of hydrogen-bond donors (Lipinski definition) is 1. The number of hydrogen-bond acceptors (Lipinski definition) is 3.